The monoisotopic (exact) mass is 324 g/mol. The summed E-state index contributed by atoms with van der Waals surface area (Å²) in [6.07, 6.45) is 5.05. The largest absolute Gasteiger partial charge is 0.409 e. The first-order chi connectivity index (χ1) is 9.95. The van der Waals surface area contributed by atoms with Crippen LogP contribution in [-0.4, -0.2) is 31.9 Å². The van der Waals surface area contributed by atoms with Gasteiger partial charge in [0, 0.05) is 12.8 Å². The van der Waals surface area contributed by atoms with Crippen molar-refractivity contribution >= 4 is 14.1 Å². The second-order valence-corrected chi connectivity index (χ2v) is 13.5. The van der Waals surface area contributed by atoms with Gasteiger partial charge < -0.3 is 9.16 Å². The first-order valence-electron chi connectivity index (χ1n) is 8.49. The third-order valence-corrected chi connectivity index (χ3v) is 10.3. The molecule has 0 saturated carbocycles. The standard InChI is InChI=1S/C18H32O3Si/c1-13-9-8-10-18(5,21-22(6,7)17(2,3)4)16-12-14(19)15(11-13)20-16/h9,15-16H,8,10-12H2,1-7H3/b13-9-/t15-,16-,18+/m1/s1. The summed E-state index contributed by atoms with van der Waals surface area (Å²) in [5, 5.41) is 0.155. The number of carbonyl (C=O) groups is 1. The molecule has 3 nitrogen and oxygen atoms in total. The average Bonchev–Trinajstić information content (AvgIpc) is 2.70. The molecule has 0 amide bonds. The molecule has 0 aromatic rings. The molecule has 2 rings (SSSR count). The molecule has 2 aliphatic heterocycles. The van der Waals surface area contributed by atoms with Gasteiger partial charge in [0.2, 0.25) is 0 Å². The lowest BCUT2D eigenvalue weighted by Crippen LogP contribution is -2.53. The van der Waals surface area contributed by atoms with Gasteiger partial charge in [0.15, 0.2) is 14.1 Å². The molecular formula is C18H32O3Si. The maximum Gasteiger partial charge on any atom is 0.192 e. The van der Waals surface area contributed by atoms with Crippen molar-refractivity contribution in [1.29, 1.82) is 0 Å². The van der Waals surface area contributed by atoms with E-state index < -0.39 is 8.32 Å². The number of Topliss-reactive ketones (excluding diaryl/α,β-unsaturated/α-hetero) is 1. The molecule has 126 valence electrons. The molecule has 2 bridgehead atoms. The Morgan fingerprint density at radius 1 is 1.32 bits per heavy atom. The molecular weight excluding hydrogens is 292 g/mol. The van der Waals surface area contributed by atoms with Gasteiger partial charge in [-0.05, 0) is 44.8 Å². The fraction of sp³-hybridized carbons (Fsp3) is 0.833. The van der Waals surface area contributed by atoms with Gasteiger partial charge in [0.25, 0.3) is 0 Å². The van der Waals surface area contributed by atoms with Crippen LogP contribution in [0.3, 0.4) is 0 Å². The molecule has 0 aromatic carbocycles. The number of carbonyl (C=O) groups excluding carboxylic acids is 1. The SMILES string of the molecule is C/C1=C/CC[C@](C)(O[Si](C)(C)C(C)(C)C)[C@H]2CC(=O)[C@@H](C1)O2. The van der Waals surface area contributed by atoms with Crippen molar-refractivity contribution < 1.29 is 14.0 Å². The molecule has 0 radical (unpaired) electrons. The third-order valence-electron chi connectivity index (χ3n) is 5.69. The Kier molecular flexibility index (Phi) is 4.78. The number of fused-ring (bicyclic) bond motifs is 2. The Labute approximate surface area is 136 Å². The van der Waals surface area contributed by atoms with Crippen LogP contribution >= 0.6 is 0 Å². The lowest BCUT2D eigenvalue weighted by Gasteiger charge is -2.46. The minimum absolute atomic E-state index is 0.0987. The number of ether oxygens (including phenoxy) is 1. The van der Waals surface area contributed by atoms with Gasteiger partial charge in [-0.15, -0.1) is 0 Å². The van der Waals surface area contributed by atoms with Gasteiger partial charge in [-0.25, -0.2) is 0 Å². The lowest BCUT2D eigenvalue weighted by atomic mass is 9.89. The minimum atomic E-state index is -1.91. The fourth-order valence-electron chi connectivity index (χ4n) is 3.15. The van der Waals surface area contributed by atoms with Gasteiger partial charge in [-0.1, -0.05) is 32.4 Å². The van der Waals surface area contributed by atoms with Crippen molar-refractivity contribution in [1.82, 2.24) is 0 Å². The Hall–Kier alpha value is -0.453. The maximum atomic E-state index is 12.3. The Morgan fingerprint density at radius 3 is 2.55 bits per heavy atom. The van der Waals surface area contributed by atoms with E-state index in [0.717, 1.165) is 19.3 Å². The number of hydrogen-bond acceptors (Lipinski definition) is 3. The van der Waals surface area contributed by atoms with E-state index >= 15 is 0 Å². The van der Waals surface area contributed by atoms with E-state index in [9.17, 15) is 4.79 Å². The highest BCUT2D eigenvalue weighted by molar-refractivity contribution is 6.74. The normalized spacial score (nSPS) is 36.3. The van der Waals surface area contributed by atoms with Crippen LogP contribution in [0.5, 0.6) is 0 Å². The highest BCUT2D eigenvalue weighted by Gasteiger charge is 2.50. The summed E-state index contributed by atoms with van der Waals surface area (Å²) < 4.78 is 12.9. The highest BCUT2D eigenvalue weighted by Crippen LogP contribution is 2.44. The zero-order chi connectivity index (χ0) is 16.8. The van der Waals surface area contributed by atoms with Crippen LogP contribution in [0.25, 0.3) is 0 Å². The molecule has 4 heteroatoms. The van der Waals surface area contributed by atoms with Gasteiger partial charge in [-0.2, -0.15) is 0 Å². The molecule has 2 aliphatic rings. The molecule has 0 aromatic heterocycles. The smallest absolute Gasteiger partial charge is 0.192 e. The second-order valence-electron chi connectivity index (χ2n) is 8.75. The molecule has 1 saturated heterocycles. The predicted octanol–water partition coefficient (Wildman–Crippen LogP) is 4.62. The molecule has 0 aliphatic carbocycles. The number of ketones is 1. The number of hydrogen-bond donors (Lipinski definition) is 0. The van der Waals surface area contributed by atoms with E-state index in [1.54, 1.807) is 0 Å². The van der Waals surface area contributed by atoms with Gasteiger partial charge in [0.1, 0.15) is 6.10 Å². The van der Waals surface area contributed by atoms with Crippen molar-refractivity contribution in [2.45, 2.75) is 96.2 Å². The molecule has 0 unspecified atom stereocenters. The average molecular weight is 325 g/mol. The molecule has 0 N–H and O–H groups in total. The number of allylic oxidation sites excluding steroid dienone is 1. The predicted molar refractivity (Wildman–Crippen MR) is 92.6 cm³/mol. The molecule has 3 atom stereocenters. The van der Waals surface area contributed by atoms with Crippen molar-refractivity contribution in [2.75, 3.05) is 0 Å². The second kappa shape index (κ2) is 5.88. The lowest BCUT2D eigenvalue weighted by molar-refractivity contribution is -0.123. The highest BCUT2D eigenvalue weighted by atomic mass is 28.4. The topological polar surface area (TPSA) is 35.5 Å². The van der Waals surface area contributed by atoms with Crippen molar-refractivity contribution in [2.24, 2.45) is 0 Å². The van der Waals surface area contributed by atoms with Gasteiger partial charge in [0.05, 0.1) is 11.7 Å². The summed E-state index contributed by atoms with van der Waals surface area (Å²) in [7, 11) is -1.91. The van der Waals surface area contributed by atoms with Crippen molar-refractivity contribution in [3.05, 3.63) is 11.6 Å². The zero-order valence-electron chi connectivity index (χ0n) is 15.3. The third kappa shape index (κ3) is 3.55. The summed E-state index contributed by atoms with van der Waals surface area (Å²) in [5.74, 6) is 0.240. The van der Waals surface area contributed by atoms with E-state index in [2.05, 4.69) is 53.8 Å². The van der Waals surface area contributed by atoms with Crippen LogP contribution < -0.4 is 0 Å². The molecule has 22 heavy (non-hydrogen) atoms. The van der Waals surface area contributed by atoms with E-state index in [1.807, 2.05) is 0 Å². The summed E-state index contributed by atoms with van der Waals surface area (Å²) in [6, 6.07) is 0. The maximum absolute atomic E-state index is 12.3. The van der Waals surface area contributed by atoms with Crippen molar-refractivity contribution in [3.8, 4) is 0 Å². The van der Waals surface area contributed by atoms with Gasteiger partial charge >= 0.3 is 0 Å². The summed E-state index contributed by atoms with van der Waals surface area (Å²) in [4.78, 5) is 12.3. The first kappa shape index (κ1) is 17.9. The molecule has 1 fully saturated rings. The Morgan fingerprint density at radius 2 is 1.95 bits per heavy atom. The molecule has 0 spiro atoms. The minimum Gasteiger partial charge on any atom is -0.409 e. The zero-order valence-corrected chi connectivity index (χ0v) is 16.3. The summed E-state index contributed by atoms with van der Waals surface area (Å²) in [5.41, 5.74) is 0.893. The Bertz CT molecular complexity index is 475. The Balaban J connectivity index is 2.29. The van der Waals surface area contributed by atoms with E-state index in [-0.39, 0.29) is 28.6 Å². The summed E-state index contributed by atoms with van der Waals surface area (Å²) in [6.45, 7) is 15.6. The molecule has 2 heterocycles. The van der Waals surface area contributed by atoms with Crippen LogP contribution in [0.2, 0.25) is 18.1 Å². The van der Waals surface area contributed by atoms with Crippen LogP contribution in [0.4, 0.5) is 0 Å². The van der Waals surface area contributed by atoms with Crippen molar-refractivity contribution in [3.63, 3.8) is 0 Å². The van der Waals surface area contributed by atoms with Crippen LogP contribution in [0.15, 0.2) is 11.6 Å². The summed E-state index contributed by atoms with van der Waals surface area (Å²) >= 11 is 0. The van der Waals surface area contributed by atoms with E-state index in [0.29, 0.717) is 6.42 Å². The quantitative estimate of drug-likeness (QED) is 0.549. The van der Waals surface area contributed by atoms with Crippen LogP contribution in [0, 0.1) is 0 Å². The fourth-order valence-corrected chi connectivity index (χ4v) is 4.86. The first-order valence-corrected chi connectivity index (χ1v) is 11.4. The van der Waals surface area contributed by atoms with Crippen LogP contribution in [-0.2, 0) is 14.0 Å². The van der Waals surface area contributed by atoms with Crippen LogP contribution in [0.1, 0.15) is 60.3 Å². The van der Waals surface area contributed by atoms with E-state index in [1.165, 1.54) is 5.57 Å². The number of rotatable bonds is 2. The van der Waals surface area contributed by atoms with E-state index in [4.69, 9.17) is 9.16 Å². The van der Waals surface area contributed by atoms with Gasteiger partial charge in [-0.3, -0.25) is 4.79 Å².